The highest BCUT2D eigenvalue weighted by molar-refractivity contribution is 7.99. The third kappa shape index (κ3) is 5.73. The zero-order valence-electron chi connectivity index (χ0n) is 13.7. The number of carbonyl (C=O) groups excluding carboxylic acids is 1. The number of hydrogen-bond acceptors (Lipinski definition) is 6. The van der Waals surface area contributed by atoms with Crippen LogP contribution in [0.4, 0.5) is 5.69 Å². The fourth-order valence-electron chi connectivity index (χ4n) is 1.68. The molecule has 0 bridgehead atoms. The van der Waals surface area contributed by atoms with Gasteiger partial charge in [-0.15, -0.1) is 11.8 Å². The van der Waals surface area contributed by atoms with Crippen molar-refractivity contribution in [1.29, 1.82) is 0 Å². The van der Waals surface area contributed by atoms with E-state index in [0.717, 1.165) is 0 Å². The molecule has 1 aromatic rings. The highest BCUT2D eigenvalue weighted by Crippen LogP contribution is 2.28. The third-order valence-electron chi connectivity index (χ3n) is 3.25. The molecule has 0 radical (unpaired) electrons. The summed E-state index contributed by atoms with van der Waals surface area (Å²) in [7, 11) is 1.36. The summed E-state index contributed by atoms with van der Waals surface area (Å²) in [5.41, 5.74) is -0.453. The van der Waals surface area contributed by atoms with Crippen LogP contribution in [-0.4, -0.2) is 41.3 Å². The number of nitrogens with one attached hydrogen (secondary N) is 1. The number of benzene rings is 1. The summed E-state index contributed by atoms with van der Waals surface area (Å²) in [4.78, 5) is 33.1. The van der Waals surface area contributed by atoms with E-state index in [-0.39, 0.29) is 29.6 Å². The molecule has 0 saturated heterocycles. The summed E-state index contributed by atoms with van der Waals surface area (Å²) in [6, 6.07) is 4.63. The first-order valence-electron chi connectivity index (χ1n) is 7.06. The van der Waals surface area contributed by atoms with Crippen LogP contribution in [0.3, 0.4) is 0 Å². The Morgan fingerprint density at radius 3 is 2.62 bits per heavy atom. The van der Waals surface area contributed by atoms with Crippen LogP contribution in [0.2, 0.25) is 0 Å². The van der Waals surface area contributed by atoms with E-state index in [2.05, 4.69) is 5.32 Å². The number of carboxylic acids is 1. The second kappa shape index (κ2) is 8.53. The number of aliphatic carboxylic acids is 1. The van der Waals surface area contributed by atoms with Gasteiger partial charge in [-0.05, 0) is 25.5 Å². The number of nitro benzene ring substituents is 1. The van der Waals surface area contributed by atoms with Gasteiger partial charge in [0.2, 0.25) is 5.91 Å². The van der Waals surface area contributed by atoms with Crippen LogP contribution in [0.15, 0.2) is 18.2 Å². The maximum absolute atomic E-state index is 11.7. The van der Waals surface area contributed by atoms with Gasteiger partial charge in [-0.2, -0.15) is 0 Å². The molecule has 0 atom stereocenters. The molecule has 2 N–H and O–H groups in total. The minimum atomic E-state index is -1.03. The second-order valence-electron chi connectivity index (χ2n) is 5.72. The normalized spacial score (nSPS) is 11.0. The summed E-state index contributed by atoms with van der Waals surface area (Å²) in [5, 5.41) is 22.5. The molecular formula is C15H20N2O6S. The molecule has 132 valence electrons. The van der Waals surface area contributed by atoms with Crippen LogP contribution < -0.4 is 10.1 Å². The number of thioether (sulfide) groups is 1. The van der Waals surface area contributed by atoms with Crippen molar-refractivity contribution in [2.75, 3.05) is 19.4 Å². The molecular weight excluding hydrogens is 336 g/mol. The molecule has 9 heteroatoms. The highest BCUT2D eigenvalue weighted by Gasteiger charge is 2.27. The van der Waals surface area contributed by atoms with Crippen molar-refractivity contribution in [1.82, 2.24) is 5.32 Å². The first kappa shape index (κ1) is 19.8. The van der Waals surface area contributed by atoms with Crippen LogP contribution in [0.25, 0.3) is 0 Å². The number of methoxy groups -OCH3 is 1. The Labute approximate surface area is 143 Å². The standard InChI is InChI=1S/C15H20N2O6S/c1-15(2,14(19)20)9-16-13(18)8-24-7-10-4-5-12(23-3)11(6-10)17(21)22/h4-6H,7-9H2,1-3H3,(H,16,18)(H,19,20). The number of nitro groups is 1. The summed E-state index contributed by atoms with van der Waals surface area (Å²) in [6.07, 6.45) is 0. The molecule has 0 aliphatic carbocycles. The van der Waals surface area contributed by atoms with Gasteiger partial charge in [0.15, 0.2) is 5.75 Å². The van der Waals surface area contributed by atoms with Crippen LogP contribution in [0, 0.1) is 15.5 Å². The number of nitrogens with zero attached hydrogens (tertiary/aromatic N) is 1. The van der Waals surface area contributed by atoms with Crippen molar-refractivity contribution in [3.8, 4) is 5.75 Å². The predicted octanol–water partition coefficient (Wildman–Crippen LogP) is 2.06. The average Bonchev–Trinajstić information content (AvgIpc) is 2.52. The Balaban J connectivity index is 2.50. The van der Waals surface area contributed by atoms with E-state index in [4.69, 9.17) is 9.84 Å². The minimum absolute atomic E-state index is 0.0374. The minimum Gasteiger partial charge on any atom is -0.490 e. The van der Waals surface area contributed by atoms with E-state index in [9.17, 15) is 19.7 Å². The van der Waals surface area contributed by atoms with Crippen molar-refractivity contribution in [2.24, 2.45) is 5.41 Å². The Hall–Kier alpha value is -2.29. The van der Waals surface area contributed by atoms with Gasteiger partial charge in [-0.3, -0.25) is 19.7 Å². The van der Waals surface area contributed by atoms with Crippen LogP contribution >= 0.6 is 11.8 Å². The first-order chi connectivity index (χ1) is 11.2. The molecule has 0 saturated carbocycles. The quantitative estimate of drug-likeness (QED) is 0.513. The van der Waals surface area contributed by atoms with Crippen molar-refractivity contribution < 1.29 is 24.4 Å². The lowest BCUT2D eigenvalue weighted by atomic mass is 9.94. The molecule has 0 fully saturated rings. The SMILES string of the molecule is COc1ccc(CSCC(=O)NCC(C)(C)C(=O)O)cc1[N+](=O)[O-]. The molecule has 24 heavy (non-hydrogen) atoms. The van der Waals surface area contributed by atoms with Crippen molar-refractivity contribution in [3.63, 3.8) is 0 Å². The smallest absolute Gasteiger partial charge is 0.311 e. The summed E-state index contributed by atoms with van der Waals surface area (Å²) >= 11 is 1.28. The Morgan fingerprint density at radius 1 is 1.42 bits per heavy atom. The maximum Gasteiger partial charge on any atom is 0.311 e. The lowest BCUT2D eigenvalue weighted by Gasteiger charge is -2.19. The average molecular weight is 356 g/mol. The van der Waals surface area contributed by atoms with Gasteiger partial charge in [0, 0.05) is 18.4 Å². The third-order valence-corrected chi connectivity index (χ3v) is 4.25. The van der Waals surface area contributed by atoms with Crippen LogP contribution in [0.1, 0.15) is 19.4 Å². The molecule has 0 aliphatic heterocycles. The van der Waals surface area contributed by atoms with Crippen LogP contribution in [-0.2, 0) is 15.3 Å². The van der Waals surface area contributed by atoms with E-state index in [1.54, 1.807) is 6.07 Å². The molecule has 0 aliphatic rings. The van der Waals surface area contributed by atoms with E-state index in [1.165, 1.54) is 44.9 Å². The highest BCUT2D eigenvalue weighted by atomic mass is 32.2. The van der Waals surface area contributed by atoms with E-state index < -0.39 is 16.3 Å². The van der Waals surface area contributed by atoms with Gasteiger partial charge in [0.1, 0.15) is 0 Å². The van der Waals surface area contributed by atoms with Gasteiger partial charge in [-0.25, -0.2) is 0 Å². The lowest BCUT2D eigenvalue weighted by molar-refractivity contribution is -0.385. The Bertz CT molecular complexity index is 632. The number of rotatable bonds is 9. The van der Waals surface area contributed by atoms with Crippen molar-refractivity contribution >= 4 is 29.3 Å². The molecule has 1 aromatic carbocycles. The summed E-state index contributed by atoms with van der Waals surface area (Å²) in [6.45, 7) is 3.09. The molecule has 0 aromatic heterocycles. The number of hydrogen-bond donors (Lipinski definition) is 2. The lowest BCUT2D eigenvalue weighted by Crippen LogP contribution is -2.39. The molecule has 0 unspecified atom stereocenters. The van der Waals surface area contributed by atoms with Gasteiger partial charge in [0.25, 0.3) is 0 Å². The van der Waals surface area contributed by atoms with E-state index in [0.29, 0.717) is 11.3 Å². The van der Waals surface area contributed by atoms with Gasteiger partial charge in [-0.1, -0.05) is 6.07 Å². The maximum atomic E-state index is 11.7. The fraction of sp³-hybridized carbons (Fsp3) is 0.467. The molecule has 0 spiro atoms. The molecule has 1 rings (SSSR count). The van der Waals surface area contributed by atoms with Gasteiger partial charge < -0.3 is 15.2 Å². The molecule has 8 nitrogen and oxygen atoms in total. The Kier molecular flexibility index (Phi) is 7.02. The summed E-state index contributed by atoms with van der Waals surface area (Å²) in [5.74, 6) is -0.531. The molecule has 0 heterocycles. The zero-order valence-corrected chi connectivity index (χ0v) is 14.5. The largest absolute Gasteiger partial charge is 0.490 e. The topological polar surface area (TPSA) is 119 Å². The predicted molar refractivity (Wildman–Crippen MR) is 90.2 cm³/mol. The van der Waals surface area contributed by atoms with Crippen molar-refractivity contribution in [3.05, 3.63) is 33.9 Å². The fourth-order valence-corrected chi connectivity index (χ4v) is 2.48. The first-order valence-corrected chi connectivity index (χ1v) is 8.22. The zero-order chi connectivity index (χ0) is 18.3. The number of ether oxygens (including phenoxy) is 1. The monoisotopic (exact) mass is 356 g/mol. The summed E-state index contributed by atoms with van der Waals surface area (Å²) < 4.78 is 4.93. The number of carboxylic acid groups (broad SMARTS) is 1. The number of amides is 1. The van der Waals surface area contributed by atoms with Gasteiger partial charge >= 0.3 is 11.7 Å². The molecule has 1 amide bonds. The van der Waals surface area contributed by atoms with Crippen molar-refractivity contribution in [2.45, 2.75) is 19.6 Å². The second-order valence-corrected chi connectivity index (χ2v) is 6.71. The van der Waals surface area contributed by atoms with E-state index >= 15 is 0 Å². The van der Waals surface area contributed by atoms with Gasteiger partial charge in [0.05, 0.1) is 23.2 Å². The number of carbonyl (C=O) groups is 2. The van der Waals surface area contributed by atoms with E-state index in [1.807, 2.05) is 0 Å². The Morgan fingerprint density at radius 2 is 2.08 bits per heavy atom. The van der Waals surface area contributed by atoms with Crippen LogP contribution in [0.5, 0.6) is 5.75 Å².